The number of hydrogen-bond acceptors (Lipinski definition) is 2. The second-order valence-electron chi connectivity index (χ2n) is 5.65. The van der Waals surface area contributed by atoms with E-state index in [9.17, 15) is 0 Å². The number of halogens is 1. The maximum Gasteiger partial charge on any atom is 0.0992 e. The molecule has 2 aromatic rings. The third-order valence-electron chi connectivity index (χ3n) is 4.63. The van der Waals surface area contributed by atoms with Crippen LogP contribution >= 0.6 is 11.6 Å². The molecule has 4 heteroatoms. The van der Waals surface area contributed by atoms with Gasteiger partial charge in [-0.25, -0.2) is 4.98 Å². The molecular weight excluding hydrogens is 282 g/mol. The molecule has 0 saturated carbocycles. The Morgan fingerprint density at radius 3 is 3.00 bits per heavy atom. The van der Waals surface area contributed by atoms with E-state index < -0.39 is 0 Å². The zero-order valence-corrected chi connectivity index (χ0v) is 12.9. The number of benzene rings is 1. The molecule has 3 nitrogen and oxygen atoms in total. The topological polar surface area (TPSA) is 41.6 Å². The molecular formula is C17H18ClN3. The van der Waals surface area contributed by atoms with E-state index >= 15 is 0 Å². The molecule has 2 heterocycles. The lowest BCUT2D eigenvalue weighted by molar-refractivity contribution is 0.313. The van der Waals surface area contributed by atoms with Crippen molar-refractivity contribution in [3.8, 4) is 6.07 Å². The highest BCUT2D eigenvalue weighted by atomic mass is 35.5. The minimum absolute atomic E-state index is 0.145. The van der Waals surface area contributed by atoms with Gasteiger partial charge in [-0.3, -0.25) is 0 Å². The van der Waals surface area contributed by atoms with E-state index in [0.29, 0.717) is 10.6 Å². The first-order chi connectivity index (χ1) is 10.2. The third kappa shape index (κ3) is 2.24. The van der Waals surface area contributed by atoms with Gasteiger partial charge in [-0.15, -0.1) is 0 Å². The summed E-state index contributed by atoms with van der Waals surface area (Å²) < 4.78 is 2.30. The Kier molecular flexibility index (Phi) is 3.73. The van der Waals surface area contributed by atoms with E-state index in [1.165, 1.54) is 18.5 Å². The smallest absolute Gasteiger partial charge is 0.0992 e. The highest BCUT2D eigenvalue weighted by molar-refractivity contribution is 6.31. The first kappa shape index (κ1) is 14.2. The van der Waals surface area contributed by atoms with E-state index in [4.69, 9.17) is 16.9 Å². The molecule has 0 radical (unpaired) electrons. The van der Waals surface area contributed by atoms with E-state index in [0.717, 1.165) is 24.8 Å². The molecule has 1 aromatic heterocycles. The summed E-state index contributed by atoms with van der Waals surface area (Å²) in [7, 11) is 0. The largest absolute Gasteiger partial charge is 0.324 e. The zero-order valence-electron chi connectivity index (χ0n) is 12.1. The van der Waals surface area contributed by atoms with Crippen molar-refractivity contribution >= 4 is 11.6 Å². The zero-order chi connectivity index (χ0) is 14.9. The number of aromatic nitrogens is 2. The average Bonchev–Trinajstić information content (AvgIpc) is 2.90. The Morgan fingerprint density at radius 2 is 2.29 bits per heavy atom. The lowest BCUT2D eigenvalue weighted by Crippen LogP contribution is -2.34. The fourth-order valence-corrected chi connectivity index (χ4v) is 3.86. The highest BCUT2D eigenvalue weighted by Gasteiger charge is 2.36. The number of imidazole rings is 1. The monoisotopic (exact) mass is 299 g/mol. The van der Waals surface area contributed by atoms with E-state index in [2.05, 4.69) is 22.5 Å². The van der Waals surface area contributed by atoms with Crippen LogP contribution in [0.25, 0.3) is 0 Å². The second kappa shape index (κ2) is 5.54. The van der Waals surface area contributed by atoms with Gasteiger partial charge in [-0.05, 0) is 43.4 Å². The van der Waals surface area contributed by atoms with Crippen LogP contribution in [0.3, 0.4) is 0 Å². The molecule has 0 N–H and O–H groups in total. The minimum atomic E-state index is -0.145. The minimum Gasteiger partial charge on any atom is -0.324 e. The molecule has 0 aliphatic carbocycles. The number of rotatable bonds is 2. The first-order valence-corrected chi connectivity index (χ1v) is 7.81. The fraction of sp³-hybridized carbons (Fsp3) is 0.412. The lowest BCUT2D eigenvalue weighted by Gasteiger charge is -2.36. The molecule has 0 amide bonds. The summed E-state index contributed by atoms with van der Waals surface area (Å²) in [5, 5.41) is 9.71. The first-order valence-electron chi connectivity index (χ1n) is 7.43. The van der Waals surface area contributed by atoms with Gasteiger partial charge >= 0.3 is 0 Å². The second-order valence-corrected chi connectivity index (χ2v) is 6.06. The molecule has 1 aromatic carbocycles. The van der Waals surface area contributed by atoms with Gasteiger partial charge in [0.05, 0.1) is 23.5 Å². The molecule has 0 saturated heterocycles. The van der Waals surface area contributed by atoms with Crippen molar-refractivity contribution in [2.45, 2.75) is 44.6 Å². The summed E-state index contributed by atoms with van der Waals surface area (Å²) >= 11 is 6.51. The molecule has 0 bridgehead atoms. The summed E-state index contributed by atoms with van der Waals surface area (Å²) in [5.41, 5.74) is 2.84. The van der Waals surface area contributed by atoms with Crippen LogP contribution in [0, 0.1) is 11.3 Å². The van der Waals surface area contributed by atoms with Crippen LogP contribution in [-0.2, 0) is 12.0 Å². The van der Waals surface area contributed by atoms with E-state index in [1.54, 1.807) is 6.07 Å². The standard InChI is InChI=1S/C17H18ClN3/c1-2-17(15-7-6-13(10-19)9-16(15)18)8-4-3-5-14-11-20-12-21(14)17/h6-7,9,11-12H,2-5,8H2,1H3. The number of aryl methyl sites for hydroxylation is 1. The Bertz CT molecular complexity index is 698. The predicted molar refractivity (Wildman–Crippen MR) is 83.3 cm³/mol. The Balaban J connectivity index is 2.20. The van der Waals surface area contributed by atoms with Crippen LogP contribution in [-0.4, -0.2) is 9.55 Å². The van der Waals surface area contributed by atoms with Gasteiger partial charge in [0.2, 0.25) is 0 Å². The summed E-state index contributed by atoms with van der Waals surface area (Å²) in [6.07, 6.45) is 9.33. The fourth-order valence-electron chi connectivity index (χ4n) is 3.50. The Morgan fingerprint density at radius 1 is 1.43 bits per heavy atom. The Labute approximate surface area is 130 Å². The van der Waals surface area contributed by atoms with Crippen LogP contribution in [0.4, 0.5) is 0 Å². The SMILES string of the molecule is CCC1(c2ccc(C#N)cc2Cl)CCCCc2cncn21. The van der Waals surface area contributed by atoms with Crippen molar-refractivity contribution in [1.82, 2.24) is 9.55 Å². The van der Waals surface area contributed by atoms with Gasteiger partial charge in [0.1, 0.15) is 0 Å². The van der Waals surface area contributed by atoms with Gasteiger partial charge in [-0.2, -0.15) is 5.26 Å². The molecule has 0 spiro atoms. The number of fused-ring (bicyclic) bond motifs is 1. The van der Waals surface area contributed by atoms with Crippen LogP contribution in [0.15, 0.2) is 30.7 Å². The summed E-state index contributed by atoms with van der Waals surface area (Å²) in [6.45, 7) is 2.20. The summed E-state index contributed by atoms with van der Waals surface area (Å²) in [5.74, 6) is 0. The van der Waals surface area contributed by atoms with Crippen molar-refractivity contribution in [2.75, 3.05) is 0 Å². The normalized spacial score (nSPS) is 21.4. The van der Waals surface area contributed by atoms with Crippen molar-refractivity contribution in [1.29, 1.82) is 5.26 Å². The molecule has 1 aliphatic heterocycles. The summed E-state index contributed by atoms with van der Waals surface area (Å²) in [6, 6.07) is 7.80. The predicted octanol–water partition coefficient (Wildman–Crippen LogP) is 4.29. The van der Waals surface area contributed by atoms with Gasteiger partial charge in [0.15, 0.2) is 0 Å². The third-order valence-corrected chi connectivity index (χ3v) is 4.95. The number of hydrogen-bond donors (Lipinski definition) is 0. The quantitative estimate of drug-likeness (QED) is 0.830. The van der Waals surface area contributed by atoms with Gasteiger partial charge < -0.3 is 4.57 Å². The lowest BCUT2D eigenvalue weighted by atomic mass is 9.82. The van der Waals surface area contributed by atoms with Crippen LogP contribution < -0.4 is 0 Å². The van der Waals surface area contributed by atoms with Crippen LogP contribution in [0.2, 0.25) is 5.02 Å². The molecule has 1 unspecified atom stereocenters. The van der Waals surface area contributed by atoms with Crippen LogP contribution in [0.1, 0.15) is 49.4 Å². The molecule has 21 heavy (non-hydrogen) atoms. The van der Waals surface area contributed by atoms with Crippen molar-refractivity contribution < 1.29 is 0 Å². The maximum absolute atomic E-state index is 9.03. The van der Waals surface area contributed by atoms with E-state index in [-0.39, 0.29) is 5.54 Å². The molecule has 108 valence electrons. The Hall–Kier alpha value is -1.79. The summed E-state index contributed by atoms with van der Waals surface area (Å²) in [4.78, 5) is 4.35. The van der Waals surface area contributed by atoms with Gasteiger partial charge in [0.25, 0.3) is 0 Å². The number of nitrogens with zero attached hydrogens (tertiary/aromatic N) is 3. The van der Waals surface area contributed by atoms with Crippen molar-refractivity contribution in [3.05, 3.63) is 52.6 Å². The maximum atomic E-state index is 9.03. The van der Waals surface area contributed by atoms with Crippen molar-refractivity contribution in [3.63, 3.8) is 0 Å². The molecule has 1 atom stereocenters. The molecule has 3 rings (SSSR count). The van der Waals surface area contributed by atoms with Gasteiger partial charge in [-0.1, -0.05) is 31.0 Å². The average molecular weight is 300 g/mol. The van der Waals surface area contributed by atoms with E-state index in [1.807, 2.05) is 24.7 Å². The molecule has 0 fully saturated rings. The number of nitriles is 1. The highest BCUT2D eigenvalue weighted by Crippen LogP contribution is 2.42. The van der Waals surface area contributed by atoms with Crippen LogP contribution in [0.5, 0.6) is 0 Å². The van der Waals surface area contributed by atoms with Crippen molar-refractivity contribution in [2.24, 2.45) is 0 Å². The van der Waals surface area contributed by atoms with Gasteiger partial charge in [0, 0.05) is 16.9 Å². The molecule has 1 aliphatic rings.